The van der Waals surface area contributed by atoms with Gasteiger partial charge in [-0.25, -0.2) is 4.68 Å². The highest BCUT2D eigenvalue weighted by atomic mass is 19.4. The molecule has 4 rings (SSSR count). The number of nitrogens with zero attached hydrogens (tertiary/aromatic N) is 2. The summed E-state index contributed by atoms with van der Waals surface area (Å²) in [5.74, 6) is -1.73. The van der Waals surface area contributed by atoms with Crippen LogP contribution in [0, 0.1) is 18.8 Å². The van der Waals surface area contributed by atoms with Crippen LogP contribution in [0.1, 0.15) is 12.5 Å². The molecule has 7 nitrogen and oxygen atoms in total. The van der Waals surface area contributed by atoms with Gasteiger partial charge in [-0.15, -0.1) is 18.3 Å². The Balaban J connectivity index is 1.73. The first-order chi connectivity index (χ1) is 15.6. The molecule has 2 atom stereocenters. The number of hydrogen-bond acceptors (Lipinski definition) is 4. The molecule has 1 saturated heterocycles. The summed E-state index contributed by atoms with van der Waals surface area (Å²) in [7, 11) is 0. The fourth-order valence-corrected chi connectivity index (χ4v) is 3.75. The van der Waals surface area contributed by atoms with E-state index in [0.29, 0.717) is 16.9 Å². The summed E-state index contributed by atoms with van der Waals surface area (Å²) < 4.78 is 43.7. The van der Waals surface area contributed by atoms with Gasteiger partial charge in [-0.2, -0.15) is 0 Å². The highest BCUT2D eigenvalue weighted by molar-refractivity contribution is 5.98. The first-order valence-electron chi connectivity index (χ1n) is 10.2. The van der Waals surface area contributed by atoms with Gasteiger partial charge in [-0.1, -0.05) is 37.3 Å². The molecule has 2 amide bonds. The molecule has 0 spiro atoms. The maximum Gasteiger partial charge on any atom is 0.573 e. The molecule has 0 unspecified atom stereocenters. The molecule has 1 aliphatic rings. The van der Waals surface area contributed by atoms with E-state index in [0.717, 1.165) is 5.56 Å². The molecule has 0 aliphatic carbocycles. The van der Waals surface area contributed by atoms with Gasteiger partial charge >= 0.3 is 6.36 Å². The number of ether oxygens (including phenoxy) is 1. The summed E-state index contributed by atoms with van der Waals surface area (Å²) in [6.07, 6.45) is -4.82. The van der Waals surface area contributed by atoms with Crippen LogP contribution in [0.3, 0.4) is 0 Å². The van der Waals surface area contributed by atoms with Crippen molar-refractivity contribution in [3.8, 4) is 22.7 Å². The summed E-state index contributed by atoms with van der Waals surface area (Å²) >= 11 is 0. The largest absolute Gasteiger partial charge is 0.573 e. The average Bonchev–Trinajstić information content (AvgIpc) is 3.31. The molecule has 2 N–H and O–H groups in total. The maximum absolute atomic E-state index is 12.7. The van der Waals surface area contributed by atoms with Crippen LogP contribution in [-0.2, 0) is 9.59 Å². The van der Waals surface area contributed by atoms with E-state index in [1.54, 1.807) is 23.7 Å². The van der Waals surface area contributed by atoms with Gasteiger partial charge in [0.2, 0.25) is 11.8 Å². The predicted octanol–water partition coefficient (Wildman–Crippen LogP) is 4.07. The first kappa shape index (κ1) is 22.4. The number of aryl methyl sites for hydroxylation is 1. The zero-order valence-electron chi connectivity index (χ0n) is 17.8. The van der Waals surface area contributed by atoms with Crippen molar-refractivity contribution in [2.75, 3.05) is 11.9 Å². The van der Waals surface area contributed by atoms with E-state index < -0.39 is 18.2 Å². The van der Waals surface area contributed by atoms with Crippen LogP contribution in [0.15, 0.2) is 54.6 Å². The second kappa shape index (κ2) is 8.61. The Kier molecular flexibility index (Phi) is 5.84. The first-order valence-corrected chi connectivity index (χ1v) is 10.2. The Hall–Kier alpha value is -3.82. The third-order valence-corrected chi connectivity index (χ3v) is 5.52. The van der Waals surface area contributed by atoms with Crippen LogP contribution < -0.4 is 15.4 Å². The molecule has 1 aromatic heterocycles. The fraction of sp³-hybridized carbons (Fsp3) is 0.261. The van der Waals surface area contributed by atoms with Gasteiger partial charge in [0.1, 0.15) is 5.75 Å². The van der Waals surface area contributed by atoms with Crippen molar-refractivity contribution in [2.24, 2.45) is 11.8 Å². The molecule has 1 aliphatic heterocycles. The number of nitrogens with one attached hydrogen (secondary N) is 2. The Bertz CT molecular complexity index is 1210. The zero-order chi connectivity index (χ0) is 23.8. The van der Waals surface area contributed by atoms with E-state index in [2.05, 4.69) is 20.5 Å². The minimum Gasteiger partial charge on any atom is -0.406 e. The fourth-order valence-electron chi connectivity index (χ4n) is 3.75. The van der Waals surface area contributed by atoms with Gasteiger partial charge in [0.25, 0.3) is 0 Å². The minimum absolute atomic E-state index is 0.192. The molecule has 3 aromatic rings. The number of anilines is 1. The summed E-state index contributed by atoms with van der Waals surface area (Å²) in [6, 6.07) is 14.5. The summed E-state index contributed by atoms with van der Waals surface area (Å²) in [4.78, 5) is 24.5. The summed E-state index contributed by atoms with van der Waals surface area (Å²) in [6.45, 7) is 3.78. The Labute approximate surface area is 187 Å². The number of carbonyl (C=O) groups excluding carboxylic acids is 2. The lowest BCUT2D eigenvalue weighted by Crippen LogP contribution is -2.28. The van der Waals surface area contributed by atoms with Gasteiger partial charge in [-0.3, -0.25) is 9.59 Å². The Morgan fingerprint density at radius 2 is 1.94 bits per heavy atom. The van der Waals surface area contributed by atoms with Crippen molar-refractivity contribution >= 4 is 17.6 Å². The molecule has 2 aromatic carbocycles. The van der Waals surface area contributed by atoms with Gasteiger partial charge in [0, 0.05) is 24.1 Å². The number of amides is 2. The normalized spacial score (nSPS) is 18.2. The molecule has 10 heteroatoms. The lowest BCUT2D eigenvalue weighted by molar-refractivity contribution is -0.274. The number of rotatable bonds is 5. The van der Waals surface area contributed by atoms with Crippen LogP contribution in [0.4, 0.5) is 19.0 Å². The maximum atomic E-state index is 12.7. The zero-order valence-corrected chi connectivity index (χ0v) is 17.8. The van der Waals surface area contributed by atoms with Crippen molar-refractivity contribution in [1.29, 1.82) is 0 Å². The van der Waals surface area contributed by atoms with Gasteiger partial charge < -0.3 is 15.4 Å². The molecule has 172 valence electrons. The summed E-state index contributed by atoms with van der Waals surface area (Å²) in [5, 5.41) is 9.88. The SMILES string of the molecule is Cc1ccccc1-n1nc(NC(=O)[C@H]2CNC(=O)[C@@H]2C)cc1-c1cccc(OC(F)(F)F)c1. The number of hydrogen-bond donors (Lipinski definition) is 2. The molecular weight excluding hydrogens is 437 g/mol. The lowest BCUT2D eigenvalue weighted by Gasteiger charge is -2.12. The molecule has 33 heavy (non-hydrogen) atoms. The second-order valence-electron chi connectivity index (χ2n) is 7.82. The number of carbonyl (C=O) groups is 2. The molecule has 0 saturated carbocycles. The smallest absolute Gasteiger partial charge is 0.406 e. The number of halogens is 3. The third kappa shape index (κ3) is 4.84. The Morgan fingerprint density at radius 3 is 2.61 bits per heavy atom. The molecular formula is C23H21F3N4O3. The van der Waals surface area contributed by atoms with Crippen LogP contribution in [0.2, 0.25) is 0 Å². The van der Waals surface area contributed by atoms with E-state index in [9.17, 15) is 22.8 Å². The van der Waals surface area contributed by atoms with E-state index >= 15 is 0 Å². The Morgan fingerprint density at radius 1 is 1.18 bits per heavy atom. The number of para-hydroxylation sites is 1. The number of benzene rings is 2. The second-order valence-corrected chi connectivity index (χ2v) is 7.82. The molecule has 2 heterocycles. The van der Waals surface area contributed by atoms with Crippen molar-refractivity contribution in [1.82, 2.24) is 15.1 Å². The quantitative estimate of drug-likeness (QED) is 0.604. The van der Waals surface area contributed by atoms with E-state index in [1.807, 2.05) is 31.2 Å². The van der Waals surface area contributed by atoms with Crippen molar-refractivity contribution in [3.05, 3.63) is 60.2 Å². The van der Waals surface area contributed by atoms with E-state index in [-0.39, 0.29) is 29.9 Å². The number of alkyl halides is 3. The number of aromatic nitrogens is 2. The van der Waals surface area contributed by atoms with Crippen LogP contribution in [0.5, 0.6) is 5.75 Å². The van der Waals surface area contributed by atoms with Crippen LogP contribution in [0.25, 0.3) is 16.9 Å². The standard InChI is InChI=1S/C23H21F3N4O3/c1-13-6-3-4-9-18(13)30-19(15-7-5-8-16(10-15)33-23(24,25)26)11-20(29-30)28-22(32)17-12-27-21(31)14(17)2/h3-11,14,17H,12H2,1-2H3,(H,27,31)(H,28,29,32)/t14-,17+/m1/s1. The van der Waals surface area contributed by atoms with Crippen molar-refractivity contribution in [2.45, 2.75) is 20.2 Å². The van der Waals surface area contributed by atoms with Crippen molar-refractivity contribution < 1.29 is 27.5 Å². The lowest BCUT2D eigenvalue weighted by atomic mass is 9.97. The van der Waals surface area contributed by atoms with Crippen LogP contribution in [-0.4, -0.2) is 34.5 Å². The van der Waals surface area contributed by atoms with Crippen molar-refractivity contribution in [3.63, 3.8) is 0 Å². The third-order valence-electron chi connectivity index (χ3n) is 5.52. The van der Waals surface area contributed by atoms with Gasteiger partial charge in [0.05, 0.1) is 17.3 Å². The van der Waals surface area contributed by atoms with E-state index in [4.69, 9.17) is 0 Å². The molecule has 0 bridgehead atoms. The van der Waals surface area contributed by atoms with Gasteiger partial charge in [-0.05, 0) is 30.7 Å². The molecule has 0 radical (unpaired) electrons. The summed E-state index contributed by atoms with van der Waals surface area (Å²) in [5.41, 5.74) is 2.45. The van der Waals surface area contributed by atoms with E-state index in [1.165, 1.54) is 18.2 Å². The average molecular weight is 458 g/mol. The highest BCUT2D eigenvalue weighted by Gasteiger charge is 2.36. The van der Waals surface area contributed by atoms with Crippen LogP contribution >= 0.6 is 0 Å². The topological polar surface area (TPSA) is 85.3 Å². The minimum atomic E-state index is -4.82. The predicted molar refractivity (Wildman–Crippen MR) is 115 cm³/mol. The monoisotopic (exact) mass is 458 g/mol. The van der Waals surface area contributed by atoms with Gasteiger partial charge in [0.15, 0.2) is 5.82 Å². The molecule has 1 fully saturated rings. The highest BCUT2D eigenvalue weighted by Crippen LogP contribution is 2.32.